The number of rotatable bonds is 7. The minimum absolute atomic E-state index is 0.228. The predicted molar refractivity (Wildman–Crippen MR) is 115 cm³/mol. The fraction of sp³-hybridized carbons (Fsp3) is 0.333. The van der Waals surface area contributed by atoms with E-state index in [0.29, 0.717) is 24.7 Å². The molecule has 2 heterocycles. The fourth-order valence-electron chi connectivity index (χ4n) is 2.96. The first-order valence-corrected chi connectivity index (χ1v) is 9.73. The maximum absolute atomic E-state index is 12.1. The Balaban J connectivity index is 1.47. The van der Waals surface area contributed by atoms with E-state index in [0.717, 1.165) is 34.6 Å². The zero-order chi connectivity index (χ0) is 20.8. The predicted octanol–water partition coefficient (Wildman–Crippen LogP) is 3.38. The maximum Gasteiger partial charge on any atom is 0.319 e. The number of amides is 2. The summed E-state index contributed by atoms with van der Waals surface area (Å²) in [7, 11) is 0. The number of urea groups is 1. The number of aryl methyl sites for hydroxylation is 2. The number of carbonyl (C=O) groups excluding carboxylic acids is 1. The summed E-state index contributed by atoms with van der Waals surface area (Å²) in [5.41, 5.74) is 5.13. The fourth-order valence-corrected chi connectivity index (χ4v) is 2.96. The Kier molecular flexibility index (Phi) is 6.43. The number of para-hydroxylation sites is 1. The van der Waals surface area contributed by atoms with Crippen molar-refractivity contribution in [1.82, 2.24) is 25.3 Å². The SMILES string of the molecule is CCc1ccccc1NC(=O)NCCNc1ccc(-n2nc(C)c(C)c2C)nn1. The molecule has 0 spiro atoms. The van der Waals surface area contributed by atoms with Gasteiger partial charge in [-0.25, -0.2) is 9.48 Å². The van der Waals surface area contributed by atoms with Gasteiger partial charge in [-0.05, 0) is 56.5 Å². The molecular formula is C21H27N7O. The van der Waals surface area contributed by atoms with Gasteiger partial charge in [-0.1, -0.05) is 25.1 Å². The Morgan fingerprint density at radius 2 is 1.83 bits per heavy atom. The summed E-state index contributed by atoms with van der Waals surface area (Å²) in [6.07, 6.45) is 0.865. The lowest BCUT2D eigenvalue weighted by Gasteiger charge is -2.11. The molecule has 0 aliphatic heterocycles. The Bertz CT molecular complexity index is 979. The lowest BCUT2D eigenvalue weighted by atomic mass is 10.1. The zero-order valence-corrected chi connectivity index (χ0v) is 17.3. The summed E-state index contributed by atoms with van der Waals surface area (Å²) in [6.45, 7) is 9.09. The van der Waals surface area contributed by atoms with Crippen LogP contribution in [0.25, 0.3) is 5.82 Å². The normalized spacial score (nSPS) is 10.6. The second-order valence-electron chi connectivity index (χ2n) is 6.80. The molecule has 152 valence electrons. The largest absolute Gasteiger partial charge is 0.367 e. The van der Waals surface area contributed by atoms with E-state index < -0.39 is 0 Å². The molecule has 0 aliphatic carbocycles. The monoisotopic (exact) mass is 393 g/mol. The van der Waals surface area contributed by atoms with Crippen molar-refractivity contribution >= 4 is 17.5 Å². The third-order valence-electron chi connectivity index (χ3n) is 4.88. The van der Waals surface area contributed by atoms with E-state index in [4.69, 9.17) is 0 Å². The van der Waals surface area contributed by atoms with Crippen LogP contribution in [0.3, 0.4) is 0 Å². The number of hydrogen-bond acceptors (Lipinski definition) is 5. The van der Waals surface area contributed by atoms with Crippen molar-refractivity contribution in [2.45, 2.75) is 34.1 Å². The Morgan fingerprint density at radius 1 is 1.03 bits per heavy atom. The molecular weight excluding hydrogens is 366 g/mol. The molecule has 0 unspecified atom stereocenters. The van der Waals surface area contributed by atoms with Crippen molar-refractivity contribution in [3.63, 3.8) is 0 Å². The smallest absolute Gasteiger partial charge is 0.319 e. The van der Waals surface area contributed by atoms with Gasteiger partial charge in [0.15, 0.2) is 5.82 Å². The van der Waals surface area contributed by atoms with E-state index in [1.54, 1.807) is 4.68 Å². The van der Waals surface area contributed by atoms with E-state index in [1.807, 2.05) is 57.2 Å². The second kappa shape index (κ2) is 9.18. The minimum Gasteiger partial charge on any atom is -0.367 e. The van der Waals surface area contributed by atoms with Crippen LogP contribution in [0.4, 0.5) is 16.3 Å². The van der Waals surface area contributed by atoms with E-state index in [2.05, 4.69) is 38.2 Å². The lowest BCUT2D eigenvalue weighted by molar-refractivity contribution is 0.252. The first kappa shape index (κ1) is 20.3. The summed E-state index contributed by atoms with van der Waals surface area (Å²) >= 11 is 0. The van der Waals surface area contributed by atoms with Crippen LogP contribution in [-0.2, 0) is 6.42 Å². The van der Waals surface area contributed by atoms with Crippen LogP contribution in [0.5, 0.6) is 0 Å². The number of benzene rings is 1. The molecule has 8 heteroatoms. The Labute approximate surface area is 170 Å². The highest BCUT2D eigenvalue weighted by Crippen LogP contribution is 2.16. The molecule has 0 atom stereocenters. The Hall–Kier alpha value is -3.42. The van der Waals surface area contributed by atoms with Gasteiger partial charge in [-0.15, -0.1) is 10.2 Å². The molecule has 0 aliphatic rings. The highest BCUT2D eigenvalue weighted by Gasteiger charge is 2.10. The summed E-state index contributed by atoms with van der Waals surface area (Å²) in [5, 5.41) is 21.8. The van der Waals surface area contributed by atoms with Gasteiger partial charge in [0.2, 0.25) is 0 Å². The van der Waals surface area contributed by atoms with Crippen LogP contribution in [-0.4, -0.2) is 39.1 Å². The van der Waals surface area contributed by atoms with E-state index in [9.17, 15) is 4.79 Å². The molecule has 0 bridgehead atoms. The van der Waals surface area contributed by atoms with Gasteiger partial charge in [0, 0.05) is 24.5 Å². The highest BCUT2D eigenvalue weighted by molar-refractivity contribution is 5.90. The second-order valence-corrected chi connectivity index (χ2v) is 6.80. The van der Waals surface area contributed by atoms with E-state index >= 15 is 0 Å². The molecule has 8 nitrogen and oxygen atoms in total. The third kappa shape index (κ3) is 4.90. The van der Waals surface area contributed by atoms with Gasteiger partial charge in [-0.3, -0.25) is 0 Å². The standard InChI is InChI=1S/C21H27N7O/c1-5-17-8-6-7-9-18(17)24-21(29)23-13-12-22-19-10-11-20(26-25-19)28-16(4)14(2)15(3)27-28/h6-11H,5,12-13H2,1-4H3,(H,22,25)(H2,23,24,29). The molecule has 0 radical (unpaired) electrons. The molecule has 3 aromatic rings. The summed E-state index contributed by atoms with van der Waals surface area (Å²) in [6, 6.07) is 11.3. The topological polar surface area (TPSA) is 96.8 Å². The number of aromatic nitrogens is 4. The van der Waals surface area contributed by atoms with Crippen molar-refractivity contribution in [3.8, 4) is 5.82 Å². The average Bonchev–Trinajstić information content (AvgIpc) is 2.99. The van der Waals surface area contributed by atoms with Gasteiger partial charge in [0.1, 0.15) is 5.82 Å². The van der Waals surface area contributed by atoms with Crippen LogP contribution in [0, 0.1) is 20.8 Å². The molecule has 2 amide bonds. The Morgan fingerprint density at radius 3 is 2.48 bits per heavy atom. The summed E-state index contributed by atoms with van der Waals surface area (Å²) < 4.78 is 1.79. The number of anilines is 2. The van der Waals surface area contributed by atoms with E-state index in [1.165, 1.54) is 0 Å². The van der Waals surface area contributed by atoms with Crippen molar-refractivity contribution in [1.29, 1.82) is 0 Å². The lowest BCUT2D eigenvalue weighted by Crippen LogP contribution is -2.33. The van der Waals surface area contributed by atoms with Gasteiger partial charge in [0.25, 0.3) is 0 Å². The van der Waals surface area contributed by atoms with E-state index in [-0.39, 0.29) is 6.03 Å². The van der Waals surface area contributed by atoms with Crippen LogP contribution in [0.15, 0.2) is 36.4 Å². The molecule has 3 rings (SSSR count). The van der Waals surface area contributed by atoms with Crippen LogP contribution >= 0.6 is 0 Å². The maximum atomic E-state index is 12.1. The number of nitrogens with zero attached hydrogens (tertiary/aromatic N) is 4. The average molecular weight is 393 g/mol. The summed E-state index contributed by atoms with van der Waals surface area (Å²) in [4.78, 5) is 12.1. The molecule has 3 N–H and O–H groups in total. The first-order chi connectivity index (χ1) is 14.0. The van der Waals surface area contributed by atoms with Gasteiger partial charge in [0.05, 0.1) is 5.69 Å². The zero-order valence-electron chi connectivity index (χ0n) is 17.3. The highest BCUT2D eigenvalue weighted by atomic mass is 16.2. The van der Waals surface area contributed by atoms with Crippen LogP contribution in [0.2, 0.25) is 0 Å². The van der Waals surface area contributed by atoms with Crippen LogP contribution < -0.4 is 16.0 Å². The molecule has 0 saturated heterocycles. The molecule has 0 fully saturated rings. The molecule has 29 heavy (non-hydrogen) atoms. The van der Waals surface area contributed by atoms with Gasteiger partial charge in [-0.2, -0.15) is 5.10 Å². The van der Waals surface area contributed by atoms with Gasteiger partial charge < -0.3 is 16.0 Å². The van der Waals surface area contributed by atoms with Crippen molar-refractivity contribution < 1.29 is 4.79 Å². The molecule has 1 aromatic carbocycles. The number of carbonyl (C=O) groups is 1. The minimum atomic E-state index is -0.228. The molecule has 2 aromatic heterocycles. The van der Waals surface area contributed by atoms with Crippen molar-refractivity contribution in [3.05, 3.63) is 58.9 Å². The quantitative estimate of drug-likeness (QED) is 0.535. The first-order valence-electron chi connectivity index (χ1n) is 9.73. The van der Waals surface area contributed by atoms with Crippen molar-refractivity contribution in [2.75, 3.05) is 23.7 Å². The third-order valence-corrected chi connectivity index (χ3v) is 4.88. The van der Waals surface area contributed by atoms with Gasteiger partial charge >= 0.3 is 6.03 Å². The number of nitrogens with one attached hydrogen (secondary N) is 3. The molecule has 0 saturated carbocycles. The van der Waals surface area contributed by atoms with Crippen LogP contribution in [0.1, 0.15) is 29.4 Å². The number of hydrogen-bond donors (Lipinski definition) is 3. The van der Waals surface area contributed by atoms with Crippen molar-refractivity contribution in [2.24, 2.45) is 0 Å². The summed E-state index contributed by atoms with van der Waals surface area (Å²) in [5.74, 6) is 1.32.